The number of amides is 4. The molecule has 4 amide bonds. The van der Waals surface area contributed by atoms with E-state index in [1.54, 1.807) is 17.9 Å². The number of nitriles is 1. The average Bonchev–Trinajstić information content (AvgIpc) is 3.38. The normalized spacial score (nSPS) is 17.8. The zero-order valence-corrected chi connectivity index (χ0v) is 43.6. The van der Waals surface area contributed by atoms with Gasteiger partial charge in [-0.1, -0.05) is 87.0 Å². The van der Waals surface area contributed by atoms with E-state index in [0.717, 1.165) is 40.0 Å². The molecule has 4 atom stereocenters. The fourth-order valence-electron chi connectivity index (χ4n) is 9.10. The summed E-state index contributed by atoms with van der Waals surface area (Å²) in [5.41, 5.74) is 6.16. The second-order valence-electron chi connectivity index (χ2n) is 19.4. The van der Waals surface area contributed by atoms with Crippen LogP contribution in [-0.4, -0.2) is 127 Å². The maximum Gasteiger partial charge on any atom is 0.264 e. The number of benzene rings is 4. The van der Waals surface area contributed by atoms with Crippen LogP contribution in [0.5, 0.6) is 0 Å². The Morgan fingerprint density at radius 2 is 1.30 bits per heavy atom. The standard InChI is InChI=1S/C57H71ClN6O9/c1-40-33-52(62-50-18-16-49(58)17-19-50)51-35-45(15-20-53(51)64(40)41(2)65)43-11-13-44(14-12-43)54(66)60-21-23-69-25-27-71-29-31-73-32-30-72-28-26-70-24-22-61-55(67)47-34-46(42-9-7-6-8-10-42)38-63(39-47)56(68)48(37-59)36-57(3,4)5/h6-20,35-36,40,46-47,52,62H,21-34,38-39H2,1-5H3,(H,60,66)(H,61,67)/b48-36+/t40-,46?,47?,52+/m0/s1. The van der Waals surface area contributed by atoms with Gasteiger partial charge in [-0.2, -0.15) is 5.26 Å². The molecule has 4 aromatic carbocycles. The van der Waals surface area contributed by atoms with Crippen LogP contribution in [0.3, 0.4) is 0 Å². The van der Waals surface area contributed by atoms with E-state index in [1.807, 2.05) is 117 Å². The molecular weight excluding hydrogens is 948 g/mol. The van der Waals surface area contributed by atoms with Crippen molar-refractivity contribution in [2.75, 3.05) is 102 Å². The first-order valence-corrected chi connectivity index (χ1v) is 25.6. The van der Waals surface area contributed by atoms with Crippen LogP contribution in [-0.2, 0) is 38.1 Å². The molecule has 0 saturated carbocycles. The quantitative estimate of drug-likeness (QED) is 0.0330. The van der Waals surface area contributed by atoms with Crippen molar-refractivity contribution in [2.45, 2.75) is 65.5 Å². The summed E-state index contributed by atoms with van der Waals surface area (Å²) in [5.74, 6) is -1.14. The molecule has 1 fully saturated rings. The number of rotatable bonds is 25. The zero-order valence-electron chi connectivity index (χ0n) is 42.8. The zero-order chi connectivity index (χ0) is 52.2. The molecule has 2 unspecified atom stereocenters. The third-order valence-corrected chi connectivity index (χ3v) is 12.8. The predicted octanol–water partition coefficient (Wildman–Crippen LogP) is 8.36. The number of carbonyl (C=O) groups excluding carboxylic acids is 4. The lowest BCUT2D eigenvalue weighted by Crippen LogP contribution is -2.48. The largest absolute Gasteiger partial charge is 0.378 e. The lowest BCUT2D eigenvalue weighted by Gasteiger charge is -2.39. The van der Waals surface area contributed by atoms with E-state index in [2.05, 4.69) is 35.0 Å². The molecule has 15 nitrogen and oxygen atoms in total. The van der Waals surface area contributed by atoms with E-state index in [-0.39, 0.29) is 59.2 Å². The van der Waals surface area contributed by atoms with Crippen LogP contribution >= 0.6 is 11.6 Å². The van der Waals surface area contributed by atoms with Crippen LogP contribution in [0.25, 0.3) is 11.1 Å². The summed E-state index contributed by atoms with van der Waals surface area (Å²) < 4.78 is 28.1. The lowest BCUT2D eigenvalue weighted by atomic mass is 9.83. The van der Waals surface area contributed by atoms with Gasteiger partial charge in [0.2, 0.25) is 11.8 Å². The van der Waals surface area contributed by atoms with E-state index in [9.17, 15) is 24.4 Å². The molecule has 6 rings (SSSR count). The van der Waals surface area contributed by atoms with Crippen LogP contribution in [0.2, 0.25) is 5.02 Å². The Bertz CT molecular complexity index is 2490. The fraction of sp³-hybridized carbons (Fsp3) is 0.456. The van der Waals surface area contributed by atoms with Gasteiger partial charge in [-0.3, -0.25) is 19.2 Å². The molecular formula is C57H71ClN6O9. The summed E-state index contributed by atoms with van der Waals surface area (Å²) in [6.45, 7) is 14.6. The highest BCUT2D eigenvalue weighted by atomic mass is 35.5. The van der Waals surface area contributed by atoms with Crippen molar-refractivity contribution < 1.29 is 42.9 Å². The Morgan fingerprint density at radius 3 is 1.88 bits per heavy atom. The predicted molar refractivity (Wildman–Crippen MR) is 283 cm³/mol. The maximum absolute atomic E-state index is 13.5. The second-order valence-corrected chi connectivity index (χ2v) is 19.9. The molecule has 0 bridgehead atoms. The summed E-state index contributed by atoms with van der Waals surface area (Å²) in [7, 11) is 0. The highest BCUT2D eigenvalue weighted by Gasteiger charge is 2.36. The molecule has 0 aromatic heterocycles. The number of nitrogens with one attached hydrogen (secondary N) is 3. The minimum absolute atomic E-state index is 0.00258. The van der Waals surface area contributed by atoms with Gasteiger partial charge in [-0.15, -0.1) is 0 Å². The molecule has 3 N–H and O–H groups in total. The first-order chi connectivity index (χ1) is 35.2. The number of hydrogen-bond acceptors (Lipinski definition) is 11. The Balaban J connectivity index is 0.777. The average molecular weight is 1020 g/mol. The molecule has 4 aromatic rings. The van der Waals surface area contributed by atoms with Crippen molar-refractivity contribution in [3.63, 3.8) is 0 Å². The number of carbonyl (C=O) groups is 4. The highest BCUT2D eigenvalue weighted by Crippen LogP contribution is 2.41. The molecule has 390 valence electrons. The van der Waals surface area contributed by atoms with Crippen molar-refractivity contribution in [3.8, 4) is 17.2 Å². The SMILES string of the molecule is CC(=O)N1c2ccc(-c3ccc(C(=O)NCCOCCOCCOCCOCCOCCNC(=O)C4CC(c5ccccc5)CN(C(=O)/C(C#N)=C/C(C)(C)C)C4)cc3)cc2[C@H](Nc2ccc(Cl)cc2)C[C@@H]1C. The van der Waals surface area contributed by atoms with Crippen LogP contribution in [0.15, 0.2) is 109 Å². The van der Waals surface area contributed by atoms with Crippen LogP contribution in [0.1, 0.15) is 80.9 Å². The maximum atomic E-state index is 13.5. The van der Waals surface area contributed by atoms with Gasteiger partial charge in [-0.05, 0) is 96.0 Å². The minimum atomic E-state index is -0.424. The van der Waals surface area contributed by atoms with E-state index >= 15 is 0 Å². The summed E-state index contributed by atoms with van der Waals surface area (Å²) in [6, 6.07) is 33.2. The van der Waals surface area contributed by atoms with Crippen molar-refractivity contribution in [1.82, 2.24) is 15.5 Å². The summed E-state index contributed by atoms with van der Waals surface area (Å²) >= 11 is 6.13. The Morgan fingerprint density at radius 1 is 0.726 bits per heavy atom. The summed E-state index contributed by atoms with van der Waals surface area (Å²) in [4.78, 5) is 55.8. The number of hydrogen-bond donors (Lipinski definition) is 3. The lowest BCUT2D eigenvalue weighted by molar-refractivity contribution is -0.133. The van der Waals surface area contributed by atoms with E-state index in [4.69, 9.17) is 35.3 Å². The number of anilines is 2. The fourth-order valence-corrected chi connectivity index (χ4v) is 9.23. The molecule has 0 aliphatic carbocycles. The first kappa shape index (κ1) is 56.2. The molecule has 0 spiro atoms. The van der Waals surface area contributed by atoms with Gasteiger partial charge in [0.15, 0.2) is 0 Å². The summed E-state index contributed by atoms with van der Waals surface area (Å²) in [6.07, 6.45) is 3.03. The molecule has 0 radical (unpaired) electrons. The monoisotopic (exact) mass is 1020 g/mol. The number of nitrogens with zero attached hydrogens (tertiary/aromatic N) is 3. The van der Waals surface area contributed by atoms with Crippen molar-refractivity contribution in [1.29, 1.82) is 5.26 Å². The highest BCUT2D eigenvalue weighted by molar-refractivity contribution is 6.30. The number of likely N-dealkylation sites (tertiary alicyclic amines) is 1. The number of ether oxygens (including phenoxy) is 5. The third-order valence-electron chi connectivity index (χ3n) is 12.6. The molecule has 2 aliphatic heterocycles. The smallest absolute Gasteiger partial charge is 0.264 e. The van der Waals surface area contributed by atoms with Crippen molar-refractivity contribution in [2.24, 2.45) is 11.3 Å². The number of fused-ring (bicyclic) bond motifs is 1. The number of allylic oxidation sites excluding steroid dienone is 1. The third kappa shape index (κ3) is 17.5. The number of piperidine rings is 1. The van der Waals surface area contributed by atoms with Gasteiger partial charge in [0.05, 0.1) is 78.0 Å². The second kappa shape index (κ2) is 28.4. The Hall–Kier alpha value is -6.12. The van der Waals surface area contributed by atoms with E-state index in [1.165, 1.54) is 0 Å². The Kier molecular flexibility index (Phi) is 21.8. The first-order valence-electron chi connectivity index (χ1n) is 25.2. The Labute approximate surface area is 435 Å². The molecule has 2 heterocycles. The van der Waals surface area contributed by atoms with Gasteiger partial charge in [0.1, 0.15) is 11.6 Å². The molecule has 16 heteroatoms. The van der Waals surface area contributed by atoms with Crippen molar-refractivity contribution in [3.05, 3.63) is 130 Å². The molecule has 2 aliphatic rings. The van der Waals surface area contributed by atoms with Crippen LogP contribution < -0.4 is 20.9 Å². The summed E-state index contributed by atoms with van der Waals surface area (Å²) in [5, 5.41) is 19.9. The van der Waals surface area contributed by atoms with Gasteiger partial charge in [-0.25, -0.2) is 0 Å². The van der Waals surface area contributed by atoms with Gasteiger partial charge in [0, 0.05) is 67.0 Å². The van der Waals surface area contributed by atoms with E-state index in [0.29, 0.717) is 103 Å². The van der Waals surface area contributed by atoms with Crippen LogP contribution in [0.4, 0.5) is 11.4 Å². The molecule has 1 saturated heterocycles. The van der Waals surface area contributed by atoms with Crippen LogP contribution in [0, 0.1) is 22.7 Å². The van der Waals surface area contributed by atoms with E-state index < -0.39 is 5.92 Å². The van der Waals surface area contributed by atoms with Gasteiger partial charge >= 0.3 is 0 Å². The minimum Gasteiger partial charge on any atom is -0.378 e. The van der Waals surface area contributed by atoms with Gasteiger partial charge < -0.3 is 49.4 Å². The number of halogens is 1. The molecule has 73 heavy (non-hydrogen) atoms. The van der Waals surface area contributed by atoms with Gasteiger partial charge in [0.25, 0.3) is 11.8 Å². The topological polar surface area (TPSA) is 181 Å². The van der Waals surface area contributed by atoms with Crippen molar-refractivity contribution >= 4 is 46.6 Å².